The first kappa shape index (κ1) is 26.5. The molecule has 1 aliphatic rings. The van der Waals surface area contributed by atoms with Gasteiger partial charge in [-0.15, -0.1) is 11.8 Å². The maximum atomic E-state index is 11.1. The van der Waals surface area contributed by atoms with Gasteiger partial charge in [0.15, 0.2) is 0 Å². The topological polar surface area (TPSA) is 96.2 Å². The van der Waals surface area contributed by atoms with Crippen molar-refractivity contribution in [3.05, 3.63) is 94.0 Å². The highest BCUT2D eigenvalue weighted by Gasteiger charge is 2.37. The third-order valence-electron chi connectivity index (χ3n) is 6.16. The van der Waals surface area contributed by atoms with Crippen molar-refractivity contribution in [3.8, 4) is 5.75 Å². The fourth-order valence-electron chi connectivity index (χ4n) is 4.20. The number of hydrogen-bond acceptors (Lipinski definition) is 6. The summed E-state index contributed by atoms with van der Waals surface area (Å²) < 4.78 is 11.8. The number of carbonyl (C=O) groups is 1. The third-order valence-corrected chi connectivity index (χ3v) is 7.63. The molecule has 6 nitrogen and oxygen atoms in total. The first-order valence-corrected chi connectivity index (χ1v) is 13.2. The molecule has 0 saturated carbocycles. The average molecular weight is 529 g/mol. The predicted molar refractivity (Wildman–Crippen MR) is 140 cm³/mol. The molecule has 0 aromatic heterocycles. The Bertz CT molecular complexity index is 1170. The maximum Gasteiger partial charge on any atom is 0.335 e. The van der Waals surface area contributed by atoms with Crippen molar-refractivity contribution in [1.82, 2.24) is 0 Å². The second-order valence-electron chi connectivity index (χ2n) is 8.70. The van der Waals surface area contributed by atoms with E-state index in [0.29, 0.717) is 23.8 Å². The van der Waals surface area contributed by atoms with Gasteiger partial charge in [0.1, 0.15) is 11.9 Å². The molecule has 3 aromatic carbocycles. The standard InChI is InChI=1S/C28H29ClO6S/c1-2-34-21-8-3-17(4-9-21)13-20-14-19(7-12-23(20)29)25-15-24(30)27(31)26(35-25)16-36-22-10-5-18(6-11-22)28(32)33/h3-12,14,24-27,30-31H,2,13,15-16H2,1H3,(H,32,33). The van der Waals surface area contributed by atoms with Gasteiger partial charge in [-0.25, -0.2) is 4.79 Å². The molecule has 1 heterocycles. The first-order valence-electron chi connectivity index (χ1n) is 11.8. The number of halogens is 1. The fraction of sp³-hybridized carbons (Fsp3) is 0.321. The Morgan fingerprint density at radius 1 is 1.08 bits per heavy atom. The van der Waals surface area contributed by atoms with Crippen LogP contribution in [0.25, 0.3) is 0 Å². The number of ether oxygens (including phenoxy) is 2. The number of aliphatic hydroxyl groups is 2. The van der Waals surface area contributed by atoms with Crippen LogP contribution >= 0.6 is 23.4 Å². The van der Waals surface area contributed by atoms with Crippen LogP contribution in [-0.2, 0) is 11.2 Å². The molecule has 3 N–H and O–H groups in total. The van der Waals surface area contributed by atoms with Gasteiger partial charge >= 0.3 is 5.97 Å². The average Bonchev–Trinajstić information content (AvgIpc) is 2.87. The van der Waals surface area contributed by atoms with Crippen LogP contribution in [0.2, 0.25) is 5.02 Å². The summed E-state index contributed by atoms with van der Waals surface area (Å²) in [6.45, 7) is 2.57. The van der Waals surface area contributed by atoms with Crippen LogP contribution in [0.4, 0.5) is 0 Å². The Hall–Kier alpha value is -2.55. The Labute approximate surface area is 219 Å². The molecule has 4 rings (SSSR count). The summed E-state index contributed by atoms with van der Waals surface area (Å²) in [5.74, 6) is 0.257. The molecule has 3 aromatic rings. The van der Waals surface area contributed by atoms with E-state index in [1.54, 1.807) is 24.3 Å². The molecule has 1 fully saturated rings. The van der Waals surface area contributed by atoms with Crippen LogP contribution in [0.1, 0.15) is 46.5 Å². The molecular formula is C28H29ClO6S. The summed E-state index contributed by atoms with van der Waals surface area (Å²) >= 11 is 7.94. The van der Waals surface area contributed by atoms with Crippen molar-refractivity contribution in [2.75, 3.05) is 12.4 Å². The minimum absolute atomic E-state index is 0.215. The second-order valence-corrected chi connectivity index (χ2v) is 10.2. The molecule has 1 aliphatic heterocycles. The fourth-order valence-corrected chi connectivity index (χ4v) is 5.34. The van der Waals surface area contributed by atoms with Gasteiger partial charge in [-0.05, 0) is 72.5 Å². The van der Waals surface area contributed by atoms with E-state index in [2.05, 4.69) is 0 Å². The van der Waals surface area contributed by atoms with E-state index in [-0.39, 0.29) is 18.1 Å². The number of aliphatic hydroxyl groups excluding tert-OH is 2. The van der Waals surface area contributed by atoms with E-state index in [4.69, 9.17) is 26.2 Å². The summed E-state index contributed by atoms with van der Waals surface area (Å²) in [6, 6.07) is 20.2. The van der Waals surface area contributed by atoms with Gasteiger partial charge in [0, 0.05) is 22.1 Å². The molecule has 190 valence electrons. The summed E-state index contributed by atoms with van der Waals surface area (Å²) in [5, 5.41) is 30.8. The van der Waals surface area contributed by atoms with E-state index < -0.39 is 24.3 Å². The van der Waals surface area contributed by atoms with Crippen molar-refractivity contribution >= 4 is 29.3 Å². The van der Waals surface area contributed by atoms with Crippen LogP contribution in [0, 0.1) is 0 Å². The maximum absolute atomic E-state index is 11.1. The summed E-state index contributed by atoms with van der Waals surface area (Å²) in [4.78, 5) is 11.9. The molecule has 1 saturated heterocycles. The lowest BCUT2D eigenvalue weighted by molar-refractivity contribution is -0.161. The number of benzene rings is 3. The minimum Gasteiger partial charge on any atom is -0.494 e. The van der Waals surface area contributed by atoms with E-state index in [0.717, 1.165) is 27.3 Å². The molecule has 0 bridgehead atoms. The number of aromatic carboxylic acids is 1. The van der Waals surface area contributed by atoms with Crippen molar-refractivity contribution in [1.29, 1.82) is 0 Å². The SMILES string of the molecule is CCOc1ccc(Cc2cc(C3CC(O)C(O)C(CSc4ccc(C(=O)O)cc4)O3)ccc2Cl)cc1. The lowest BCUT2D eigenvalue weighted by Crippen LogP contribution is -2.46. The largest absolute Gasteiger partial charge is 0.494 e. The molecule has 4 atom stereocenters. The van der Waals surface area contributed by atoms with E-state index in [1.165, 1.54) is 11.8 Å². The second kappa shape index (κ2) is 12.1. The van der Waals surface area contributed by atoms with Gasteiger partial charge < -0.3 is 24.8 Å². The van der Waals surface area contributed by atoms with E-state index in [1.807, 2.05) is 49.4 Å². The molecule has 0 aliphatic carbocycles. The third kappa shape index (κ3) is 6.60. The highest BCUT2D eigenvalue weighted by atomic mass is 35.5. The van der Waals surface area contributed by atoms with Gasteiger partial charge in [0.05, 0.1) is 30.5 Å². The minimum atomic E-state index is -1.01. The van der Waals surface area contributed by atoms with Crippen LogP contribution in [0.3, 0.4) is 0 Å². The van der Waals surface area contributed by atoms with Crippen LogP contribution in [-0.4, -0.2) is 52.0 Å². The van der Waals surface area contributed by atoms with Crippen molar-refractivity contribution in [2.24, 2.45) is 0 Å². The predicted octanol–water partition coefficient (Wildman–Crippen LogP) is 5.37. The molecule has 0 radical (unpaired) electrons. The van der Waals surface area contributed by atoms with Crippen LogP contribution < -0.4 is 4.74 Å². The Morgan fingerprint density at radius 3 is 2.47 bits per heavy atom. The molecule has 4 unspecified atom stereocenters. The Kier molecular flexibility index (Phi) is 8.93. The molecule has 0 spiro atoms. The van der Waals surface area contributed by atoms with E-state index >= 15 is 0 Å². The van der Waals surface area contributed by atoms with E-state index in [9.17, 15) is 15.0 Å². The summed E-state index contributed by atoms with van der Waals surface area (Å²) in [7, 11) is 0. The molecule has 8 heteroatoms. The molecule has 0 amide bonds. The lowest BCUT2D eigenvalue weighted by Gasteiger charge is -2.37. The van der Waals surface area contributed by atoms with Crippen LogP contribution in [0.15, 0.2) is 71.6 Å². The quantitative estimate of drug-likeness (QED) is 0.321. The number of carboxylic acid groups (broad SMARTS) is 1. The Morgan fingerprint density at radius 2 is 1.81 bits per heavy atom. The zero-order chi connectivity index (χ0) is 25.7. The number of thioether (sulfide) groups is 1. The monoisotopic (exact) mass is 528 g/mol. The lowest BCUT2D eigenvalue weighted by atomic mass is 9.92. The van der Waals surface area contributed by atoms with Crippen LogP contribution in [0.5, 0.6) is 5.75 Å². The Balaban J connectivity index is 1.44. The van der Waals surface area contributed by atoms with Crippen molar-refractivity contribution in [2.45, 2.75) is 49.1 Å². The first-order chi connectivity index (χ1) is 17.3. The van der Waals surface area contributed by atoms with Crippen molar-refractivity contribution < 1.29 is 29.6 Å². The van der Waals surface area contributed by atoms with Crippen molar-refractivity contribution in [3.63, 3.8) is 0 Å². The summed E-state index contributed by atoms with van der Waals surface area (Å²) in [5.41, 5.74) is 3.16. The highest BCUT2D eigenvalue weighted by molar-refractivity contribution is 7.99. The molecule has 36 heavy (non-hydrogen) atoms. The zero-order valence-corrected chi connectivity index (χ0v) is 21.4. The van der Waals surface area contributed by atoms with Gasteiger partial charge in [-0.2, -0.15) is 0 Å². The summed E-state index contributed by atoms with van der Waals surface area (Å²) in [6.07, 6.45) is -1.99. The van der Waals surface area contributed by atoms with Gasteiger partial charge in [0.25, 0.3) is 0 Å². The molecular weight excluding hydrogens is 500 g/mol. The highest BCUT2D eigenvalue weighted by Crippen LogP contribution is 2.36. The number of carboxylic acids is 1. The van der Waals surface area contributed by atoms with Gasteiger partial charge in [0.2, 0.25) is 0 Å². The number of rotatable bonds is 9. The van der Waals surface area contributed by atoms with Gasteiger partial charge in [-0.3, -0.25) is 0 Å². The van der Waals surface area contributed by atoms with Gasteiger partial charge in [-0.1, -0.05) is 35.9 Å². The normalized spacial score (nSPS) is 21.8. The smallest absolute Gasteiger partial charge is 0.335 e. The zero-order valence-electron chi connectivity index (χ0n) is 19.8. The number of hydrogen-bond donors (Lipinski definition) is 3.